The fourth-order valence-electron chi connectivity index (χ4n) is 1.23. The molecule has 0 bridgehead atoms. The zero-order valence-corrected chi connectivity index (χ0v) is 11.3. The van der Waals surface area contributed by atoms with Gasteiger partial charge in [0.25, 0.3) is 0 Å². The van der Waals surface area contributed by atoms with Crippen LogP contribution in [0.2, 0.25) is 5.02 Å². The molecule has 0 aliphatic carbocycles. The highest BCUT2D eigenvalue weighted by Crippen LogP contribution is 2.17. The first-order valence-electron chi connectivity index (χ1n) is 5.23. The van der Waals surface area contributed by atoms with Gasteiger partial charge in [-0.05, 0) is 32.0 Å². The van der Waals surface area contributed by atoms with Crippen LogP contribution in [0.1, 0.15) is 13.8 Å². The molecule has 0 spiro atoms. The van der Waals surface area contributed by atoms with Crippen molar-refractivity contribution in [3.05, 3.63) is 29.0 Å². The lowest BCUT2D eigenvalue weighted by Gasteiger charge is -2.09. The Morgan fingerprint density at radius 2 is 2.00 bits per heavy atom. The molecule has 6 heteroatoms. The third-order valence-electron chi connectivity index (χ3n) is 2.30. The standard InChI is InChI=1S/C11H15ClFNO2S/c1-8(2)17(15,16)4-3-14-11-6-9(12)5-10(13)7-11/h5-8,14H,3-4H2,1-2H3. The summed E-state index contributed by atoms with van der Waals surface area (Å²) in [5.41, 5.74) is 0.481. The number of hydrogen-bond acceptors (Lipinski definition) is 3. The maximum atomic E-state index is 13.0. The number of anilines is 1. The van der Waals surface area contributed by atoms with Gasteiger partial charge in [0.15, 0.2) is 9.84 Å². The molecule has 1 aromatic rings. The quantitative estimate of drug-likeness (QED) is 0.901. The highest BCUT2D eigenvalue weighted by atomic mass is 35.5. The van der Waals surface area contributed by atoms with Crippen LogP contribution in [0.5, 0.6) is 0 Å². The summed E-state index contributed by atoms with van der Waals surface area (Å²) in [6, 6.07) is 4.01. The second-order valence-electron chi connectivity index (χ2n) is 4.00. The van der Waals surface area contributed by atoms with Gasteiger partial charge in [-0.2, -0.15) is 0 Å². The average molecular weight is 280 g/mol. The predicted octanol–water partition coefficient (Wildman–Crippen LogP) is 2.71. The minimum absolute atomic E-state index is 0.0127. The van der Waals surface area contributed by atoms with E-state index in [1.54, 1.807) is 19.9 Å². The molecule has 0 saturated carbocycles. The summed E-state index contributed by atoms with van der Waals surface area (Å²) >= 11 is 5.67. The van der Waals surface area contributed by atoms with Gasteiger partial charge >= 0.3 is 0 Å². The van der Waals surface area contributed by atoms with Crippen LogP contribution in [0, 0.1) is 5.82 Å². The first-order chi connectivity index (χ1) is 7.81. The molecule has 0 fully saturated rings. The summed E-state index contributed by atoms with van der Waals surface area (Å²) in [5.74, 6) is -0.439. The summed E-state index contributed by atoms with van der Waals surface area (Å²) < 4.78 is 36.0. The maximum Gasteiger partial charge on any atom is 0.154 e. The molecule has 17 heavy (non-hydrogen) atoms. The molecule has 0 amide bonds. The Bertz CT molecular complexity index is 468. The average Bonchev–Trinajstić information content (AvgIpc) is 2.15. The van der Waals surface area contributed by atoms with E-state index < -0.39 is 20.9 Å². The molecule has 0 aliphatic rings. The van der Waals surface area contributed by atoms with Gasteiger partial charge in [0.2, 0.25) is 0 Å². The van der Waals surface area contributed by atoms with Crippen LogP contribution in [0.15, 0.2) is 18.2 Å². The molecule has 0 radical (unpaired) electrons. The monoisotopic (exact) mass is 279 g/mol. The van der Waals surface area contributed by atoms with E-state index in [4.69, 9.17) is 11.6 Å². The molecular weight excluding hydrogens is 265 g/mol. The minimum atomic E-state index is -3.08. The normalized spacial score (nSPS) is 11.8. The molecule has 0 aromatic heterocycles. The molecule has 0 unspecified atom stereocenters. The lowest BCUT2D eigenvalue weighted by molar-refractivity contribution is 0.588. The van der Waals surface area contributed by atoms with Crippen molar-refractivity contribution in [3.8, 4) is 0 Å². The molecule has 0 atom stereocenters. The van der Waals surface area contributed by atoms with Crippen molar-refractivity contribution in [1.29, 1.82) is 0 Å². The first kappa shape index (κ1) is 14.3. The Labute approximate surface area is 106 Å². The summed E-state index contributed by atoms with van der Waals surface area (Å²) in [6.45, 7) is 3.50. The number of benzene rings is 1. The number of rotatable bonds is 5. The Balaban J connectivity index is 2.57. The Morgan fingerprint density at radius 1 is 1.35 bits per heavy atom. The molecule has 3 nitrogen and oxygen atoms in total. The third-order valence-corrected chi connectivity index (χ3v) is 4.72. The zero-order valence-electron chi connectivity index (χ0n) is 9.70. The smallest absolute Gasteiger partial charge is 0.154 e. The number of nitrogens with one attached hydrogen (secondary N) is 1. The largest absolute Gasteiger partial charge is 0.384 e. The molecule has 0 saturated heterocycles. The van der Waals surface area contributed by atoms with Crippen molar-refractivity contribution in [2.45, 2.75) is 19.1 Å². The van der Waals surface area contributed by atoms with Crippen LogP contribution in [0.25, 0.3) is 0 Å². The van der Waals surface area contributed by atoms with Gasteiger partial charge in [-0.3, -0.25) is 0 Å². The fourth-order valence-corrected chi connectivity index (χ4v) is 2.31. The lowest BCUT2D eigenvalue weighted by Crippen LogP contribution is -2.22. The van der Waals surface area contributed by atoms with Gasteiger partial charge in [0.1, 0.15) is 5.82 Å². The molecule has 96 valence electrons. The van der Waals surface area contributed by atoms with Crippen molar-refractivity contribution in [2.75, 3.05) is 17.6 Å². The number of sulfone groups is 1. The topological polar surface area (TPSA) is 46.2 Å². The van der Waals surface area contributed by atoms with E-state index in [0.29, 0.717) is 5.69 Å². The highest BCUT2D eigenvalue weighted by molar-refractivity contribution is 7.92. The molecular formula is C11H15ClFNO2S. The summed E-state index contributed by atoms with van der Waals surface area (Å²) in [4.78, 5) is 0. The number of hydrogen-bond donors (Lipinski definition) is 1. The molecule has 1 rings (SSSR count). The summed E-state index contributed by atoms with van der Waals surface area (Å²) in [7, 11) is -3.08. The second-order valence-corrected chi connectivity index (χ2v) is 7.11. The Hall–Kier alpha value is -0.810. The van der Waals surface area contributed by atoms with E-state index in [2.05, 4.69) is 5.32 Å². The van der Waals surface area contributed by atoms with E-state index >= 15 is 0 Å². The van der Waals surface area contributed by atoms with Crippen molar-refractivity contribution in [3.63, 3.8) is 0 Å². The van der Waals surface area contributed by atoms with E-state index in [-0.39, 0.29) is 17.3 Å². The van der Waals surface area contributed by atoms with Gasteiger partial charge in [-0.1, -0.05) is 11.6 Å². The van der Waals surface area contributed by atoms with Crippen LogP contribution in [0.3, 0.4) is 0 Å². The Kier molecular flexibility index (Phi) is 4.77. The van der Waals surface area contributed by atoms with E-state index in [1.165, 1.54) is 12.1 Å². The highest BCUT2D eigenvalue weighted by Gasteiger charge is 2.15. The Morgan fingerprint density at radius 3 is 2.53 bits per heavy atom. The predicted molar refractivity (Wildman–Crippen MR) is 68.8 cm³/mol. The van der Waals surface area contributed by atoms with Crippen LogP contribution >= 0.6 is 11.6 Å². The maximum absolute atomic E-state index is 13.0. The van der Waals surface area contributed by atoms with Crippen LogP contribution < -0.4 is 5.32 Å². The van der Waals surface area contributed by atoms with E-state index in [9.17, 15) is 12.8 Å². The van der Waals surface area contributed by atoms with E-state index in [1.807, 2.05) is 0 Å². The van der Waals surface area contributed by atoms with Crippen LogP contribution in [-0.2, 0) is 9.84 Å². The molecule has 1 N–H and O–H groups in total. The molecule has 0 heterocycles. The second kappa shape index (κ2) is 5.69. The van der Waals surface area contributed by atoms with Gasteiger partial charge in [0, 0.05) is 17.3 Å². The van der Waals surface area contributed by atoms with Crippen molar-refractivity contribution in [1.82, 2.24) is 0 Å². The van der Waals surface area contributed by atoms with Crippen molar-refractivity contribution < 1.29 is 12.8 Å². The molecule has 1 aromatic carbocycles. The van der Waals surface area contributed by atoms with Gasteiger partial charge in [0.05, 0.1) is 11.0 Å². The lowest BCUT2D eigenvalue weighted by atomic mass is 10.3. The zero-order chi connectivity index (χ0) is 13.1. The van der Waals surface area contributed by atoms with Gasteiger partial charge < -0.3 is 5.32 Å². The SMILES string of the molecule is CC(C)S(=O)(=O)CCNc1cc(F)cc(Cl)c1. The van der Waals surface area contributed by atoms with Crippen LogP contribution in [0.4, 0.5) is 10.1 Å². The minimum Gasteiger partial charge on any atom is -0.384 e. The van der Waals surface area contributed by atoms with E-state index in [0.717, 1.165) is 0 Å². The summed E-state index contributed by atoms with van der Waals surface area (Å²) in [6.07, 6.45) is 0. The number of halogens is 2. The first-order valence-corrected chi connectivity index (χ1v) is 7.32. The summed E-state index contributed by atoms with van der Waals surface area (Å²) in [5, 5.41) is 2.71. The molecule has 0 aliphatic heterocycles. The van der Waals surface area contributed by atoms with Gasteiger partial charge in [-0.15, -0.1) is 0 Å². The third kappa shape index (κ3) is 4.52. The van der Waals surface area contributed by atoms with Crippen molar-refractivity contribution >= 4 is 27.1 Å². The fraction of sp³-hybridized carbons (Fsp3) is 0.455. The van der Waals surface area contributed by atoms with Crippen molar-refractivity contribution in [2.24, 2.45) is 0 Å². The van der Waals surface area contributed by atoms with Crippen LogP contribution in [-0.4, -0.2) is 26.0 Å². The van der Waals surface area contributed by atoms with Gasteiger partial charge in [-0.25, -0.2) is 12.8 Å².